The number of rotatable bonds is 5. The average molecular weight is 363 g/mol. The standard InChI is InChI=1S/C16H15ClN4O2S/c1-3-10-9(2)18-16(20-15(10)22)24-8-13-19-14(21-23-13)11-6-4-5-7-12(11)17/h4-7H,3,8H2,1-2H3,(H,18,20,22). The van der Waals surface area contributed by atoms with E-state index in [9.17, 15) is 4.79 Å². The Labute approximate surface area is 147 Å². The van der Waals surface area contributed by atoms with Crippen LogP contribution in [0.15, 0.2) is 38.7 Å². The lowest BCUT2D eigenvalue weighted by Gasteiger charge is -2.03. The molecule has 0 aliphatic heterocycles. The SMILES string of the molecule is CCc1c(C)nc(SCc2nc(-c3ccccc3Cl)no2)[nH]c1=O. The molecule has 1 aromatic carbocycles. The number of aromatic amines is 1. The molecule has 24 heavy (non-hydrogen) atoms. The Morgan fingerprint density at radius 2 is 2.08 bits per heavy atom. The van der Waals surface area contributed by atoms with Crippen molar-refractivity contribution in [2.75, 3.05) is 0 Å². The summed E-state index contributed by atoms with van der Waals surface area (Å²) >= 11 is 7.47. The molecule has 3 rings (SSSR count). The fourth-order valence-electron chi connectivity index (χ4n) is 2.26. The second kappa shape index (κ2) is 7.19. The zero-order valence-electron chi connectivity index (χ0n) is 13.2. The van der Waals surface area contributed by atoms with Crippen molar-refractivity contribution in [3.63, 3.8) is 0 Å². The molecule has 3 aromatic rings. The van der Waals surface area contributed by atoms with Crippen molar-refractivity contribution in [3.8, 4) is 11.4 Å². The van der Waals surface area contributed by atoms with Crippen LogP contribution < -0.4 is 5.56 Å². The van der Waals surface area contributed by atoms with Crippen LogP contribution in [0.4, 0.5) is 0 Å². The summed E-state index contributed by atoms with van der Waals surface area (Å²) in [5.41, 5.74) is 2.06. The van der Waals surface area contributed by atoms with E-state index in [1.54, 1.807) is 6.07 Å². The molecule has 0 radical (unpaired) electrons. The number of nitrogens with zero attached hydrogens (tertiary/aromatic N) is 3. The van der Waals surface area contributed by atoms with E-state index < -0.39 is 0 Å². The highest BCUT2D eigenvalue weighted by Crippen LogP contribution is 2.26. The number of aromatic nitrogens is 4. The maximum absolute atomic E-state index is 12.0. The van der Waals surface area contributed by atoms with Gasteiger partial charge in [-0.3, -0.25) is 4.79 Å². The molecule has 0 saturated carbocycles. The van der Waals surface area contributed by atoms with Gasteiger partial charge in [-0.25, -0.2) is 4.98 Å². The minimum atomic E-state index is -0.102. The van der Waals surface area contributed by atoms with Gasteiger partial charge >= 0.3 is 0 Å². The summed E-state index contributed by atoms with van der Waals surface area (Å²) < 4.78 is 5.24. The minimum Gasteiger partial charge on any atom is -0.338 e. The van der Waals surface area contributed by atoms with Gasteiger partial charge in [0.05, 0.1) is 10.8 Å². The highest BCUT2D eigenvalue weighted by atomic mass is 35.5. The van der Waals surface area contributed by atoms with E-state index in [0.717, 1.165) is 5.69 Å². The molecule has 1 N–H and O–H groups in total. The summed E-state index contributed by atoms with van der Waals surface area (Å²) in [6.07, 6.45) is 0.657. The number of nitrogens with one attached hydrogen (secondary N) is 1. The lowest BCUT2D eigenvalue weighted by Crippen LogP contribution is -2.16. The summed E-state index contributed by atoms with van der Waals surface area (Å²) in [7, 11) is 0. The molecule has 2 aromatic heterocycles. The average Bonchev–Trinajstić information content (AvgIpc) is 3.02. The van der Waals surface area contributed by atoms with Crippen molar-refractivity contribution in [3.05, 3.63) is 56.8 Å². The molecule has 2 heterocycles. The zero-order valence-corrected chi connectivity index (χ0v) is 14.7. The number of benzene rings is 1. The number of thioether (sulfide) groups is 1. The lowest BCUT2D eigenvalue weighted by molar-refractivity contribution is 0.391. The van der Waals surface area contributed by atoms with Crippen molar-refractivity contribution < 1.29 is 4.52 Å². The molecule has 0 amide bonds. The van der Waals surface area contributed by atoms with Gasteiger partial charge in [0.1, 0.15) is 0 Å². The van der Waals surface area contributed by atoms with Gasteiger partial charge in [0, 0.05) is 16.8 Å². The van der Waals surface area contributed by atoms with Crippen molar-refractivity contribution in [2.45, 2.75) is 31.2 Å². The van der Waals surface area contributed by atoms with Crippen LogP contribution in [0.5, 0.6) is 0 Å². The van der Waals surface area contributed by atoms with Crippen LogP contribution in [0.25, 0.3) is 11.4 Å². The molecule has 6 nitrogen and oxygen atoms in total. The molecule has 0 saturated heterocycles. The van der Waals surface area contributed by atoms with Gasteiger partial charge in [0.2, 0.25) is 11.7 Å². The molecule has 8 heteroatoms. The predicted octanol–water partition coefficient (Wildman–Crippen LogP) is 3.64. The third kappa shape index (κ3) is 3.52. The van der Waals surface area contributed by atoms with Crippen LogP contribution in [-0.2, 0) is 12.2 Å². The number of hydrogen-bond donors (Lipinski definition) is 1. The summed E-state index contributed by atoms with van der Waals surface area (Å²) in [5, 5.41) is 5.04. The first kappa shape index (κ1) is 16.7. The number of hydrogen-bond acceptors (Lipinski definition) is 6. The monoisotopic (exact) mass is 362 g/mol. The summed E-state index contributed by atoms with van der Waals surface area (Å²) in [6.45, 7) is 3.76. The van der Waals surface area contributed by atoms with E-state index >= 15 is 0 Å². The maximum atomic E-state index is 12.0. The van der Waals surface area contributed by atoms with Crippen LogP contribution in [0, 0.1) is 6.92 Å². The summed E-state index contributed by atoms with van der Waals surface area (Å²) in [6, 6.07) is 7.30. The summed E-state index contributed by atoms with van der Waals surface area (Å²) in [4.78, 5) is 23.5. The highest BCUT2D eigenvalue weighted by molar-refractivity contribution is 7.98. The van der Waals surface area contributed by atoms with Gasteiger partial charge < -0.3 is 9.51 Å². The van der Waals surface area contributed by atoms with Crippen LogP contribution in [0.2, 0.25) is 5.02 Å². The molecule has 0 spiro atoms. The molecule has 0 fully saturated rings. The van der Waals surface area contributed by atoms with Gasteiger partial charge in [0.15, 0.2) is 5.16 Å². The number of H-pyrrole nitrogens is 1. The topological polar surface area (TPSA) is 84.7 Å². The van der Waals surface area contributed by atoms with Crippen molar-refractivity contribution in [1.29, 1.82) is 0 Å². The van der Waals surface area contributed by atoms with E-state index in [-0.39, 0.29) is 5.56 Å². The van der Waals surface area contributed by atoms with E-state index in [1.165, 1.54) is 11.8 Å². The normalized spacial score (nSPS) is 11.0. The Hall–Kier alpha value is -2.12. The van der Waals surface area contributed by atoms with Crippen molar-refractivity contribution in [1.82, 2.24) is 20.1 Å². The van der Waals surface area contributed by atoms with Gasteiger partial charge in [-0.05, 0) is 25.5 Å². The highest BCUT2D eigenvalue weighted by Gasteiger charge is 2.13. The summed E-state index contributed by atoms with van der Waals surface area (Å²) in [5.74, 6) is 1.29. The molecular weight excluding hydrogens is 348 g/mol. The van der Waals surface area contributed by atoms with Crippen LogP contribution in [-0.4, -0.2) is 20.1 Å². The molecule has 0 bridgehead atoms. The van der Waals surface area contributed by atoms with Gasteiger partial charge in [0.25, 0.3) is 5.56 Å². The van der Waals surface area contributed by atoms with Gasteiger partial charge in [-0.15, -0.1) is 0 Å². The first-order valence-corrected chi connectivity index (χ1v) is 8.75. The smallest absolute Gasteiger partial charge is 0.254 e. The third-order valence-corrected chi connectivity index (χ3v) is 4.66. The molecule has 0 atom stereocenters. The Balaban J connectivity index is 1.75. The zero-order chi connectivity index (χ0) is 17.1. The van der Waals surface area contributed by atoms with E-state index in [0.29, 0.717) is 45.2 Å². The number of halogens is 1. The fraction of sp³-hybridized carbons (Fsp3) is 0.250. The van der Waals surface area contributed by atoms with E-state index in [4.69, 9.17) is 16.1 Å². The van der Waals surface area contributed by atoms with Crippen LogP contribution >= 0.6 is 23.4 Å². The predicted molar refractivity (Wildman–Crippen MR) is 93.3 cm³/mol. The van der Waals surface area contributed by atoms with Crippen molar-refractivity contribution >= 4 is 23.4 Å². The quantitative estimate of drug-likeness (QED) is 0.551. The Morgan fingerprint density at radius 3 is 2.79 bits per heavy atom. The van der Waals surface area contributed by atoms with E-state index in [1.807, 2.05) is 32.0 Å². The van der Waals surface area contributed by atoms with Gasteiger partial charge in [-0.1, -0.05) is 47.6 Å². The maximum Gasteiger partial charge on any atom is 0.254 e. The third-order valence-electron chi connectivity index (χ3n) is 3.47. The first-order chi connectivity index (χ1) is 11.6. The van der Waals surface area contributed by atoms with E-state index in [2.05, 4.69) is 20.1 Å². The lowest BCUT2D eigenvalue weighted by atomic mass is 10.2. The van der Waals surface area contributed by atoms with Crippen molar-refractivity contribution in [2.24, 2.45) is 0 Å². The molecule has 0 unspecified atom stereocenters. The molecule has 0 aliphatic rings. The Morgan fingerprint density at radius 1 is 1.29 bits per heavy atom. The molecule has 0 aliphatic carbocycles. The second-order valence-electron chi connectivity index (χ2n) is 5.07. The minimum absolute atomic E-state index is 0.102. The largest absolute Gasteiger partial charge is 0.338 e. The Kier molecular flexibility index (Phi) is 5.01. The number of aryl methyl sites for hydroxylation is 1. The van der Waals surface area contributed by atoms with Crippen LogP contribution in [0.1, 0.15) is 24.1 Å². The van der Waals surface area contributed by atoms with Gasteiger partial charge in [-0.2, -0.15) is 4.98 Å². The van der Waals surface area contributed by atoms with Crippen LogP contribution in [0.3, 0.4) is 0 Å². The molecule has 124 valence electrons. The second-order valence-corrected chi connectivity index (χ2v) is 6.44. The Bertz CT molecular complexity index is 922. The molecular formula is C16H15ClN4O2S. The first-order valence-electron chi connectivity index (χ1n) is 7.38. The fourth-order valence-corrected chi connectivity index (χ4v) is 3.23.